The molecule has 4 rings (SSSR count). The number of amides is 4. The molecule has 0 saturated carbocycles. The average Bonchev–Trinajstić information content (AvgIpc) is 3.56. The van der Waals surface area contributed by atoms with Gasteiger partial charge in [0, 0.05) is 67.3 Å². The van der Waals surface area contributed by atoms with Crippen molar-refractivity contribution < 1.29 is 71.8 Å². The molecule has 1 atom stereocenters. The van der Waals surface area contributed by atoms with Crippen LogP contribution in [0.3, 0.4) is 0 Å². The molecule has 2 aromatic rings. The third-order valence-corrected chi connectivity index (χ3v) is 9.79. The number of amidine groups is 1. The van der Waals surface area contributed by atoms with Gasteiger partial charge in [-0.3, -0.25) is 34.2 Å². The zero-order chi connectivity index (χ0) is 50.0. The summed E-state index contributed by atoms with van der Waals surface area (Å²) >= 11 is 0. The second-order valence-electron chi connectivity index (χ2n) is 15.2. The number of aliphatic imine (C=N–C) groups is 1. The number of carbonyl (C=O) groups excluding carboxylic acids is 4. The number of nitrogens with one attached hydrogen (secondary N) is 2. The summed E-state index contributed by atoms with van der Waals surface area (Å²) < 4.78 is 49.4. The number of aromatic nitrogens is 2. The summed E-state index contributed by atoms with van der Waals surface area (Å²) in [6.45, 7) is 12.3. The molecule has 0 spiro atoms. The van der Waals surface area contributed by atoms with Crippen LogP contribution in [0, 0.1) is 0 Å². The van der Waals surface area contributed by atoms with Gasteiger partial charge in [0.1, 0.15) is 12.4 Å². The van der Waals surface area contributed by atoms with Gasteiger partial charge in [-0.2, -0.15) is 0 Å². The lowest BCUT2D eigenvalue weighted by molar-refractivity contribution is -0.180. The van der Waals surface area contributed by atoms with Crippen LogP contribution < -0.4 is 16.4 Å². The monoisotopic (exact) mass is 986 g/mol. The lowest BCUT2D eigenvalue weighted by atomic mass is 10.0. The van der Waals surface area contributed by atoms with Crippen LogP contribution in [0.4, 0.5) is 5.69 Å². The molecule has 0 aliphatic carbocycles. The SMILES string of the molecule is CCCN(OCC)C(=O)C1=Cc2ccc(-c3cnc(C(O)NCCOCCOCCOCCOCCOCCOCCOCCOCCOCCNC(=O)CN4C(=O)C=CC4=O)nc3)cc2N=C(N)C1. The van der Waals surface area contributed by atoms with E-state index in [1.165, 1.54) is 5.06 Å². The van der Waals surface area contributed by atoms with Gasteiger partial charge >= 0.3 is 0 Å². The predicted octanol–water partition coefficient (Wildman–Crippen LogP) is 0.881. The van der Waals surface area contributed by atoms with Crippen molar-refractivity contribution >= 4 is 41.2 Å². The average molecular weight is 987 g/mol. The lowest BCUT2D eigenvalue weighted by Crippen LogP contribution is -2.41. The summed E-state index contributed by atoms with van der Waals surface area (Å²) in [5.41, 5.74) is 9.64. The molecule has 23 nitrogen and oxygen atoms in total. The second kappa shape index (κ2) is 35.0. The van der Waals surface area contributed by atoms with Crippen LogP contribution >= 0.6 is 0 Å². The first kappa shape index (κ1) is 57.4. The fourth-order valence-electron chi connectivity index (χ4n) is 6.35. The van der Waals surface area contributed by atoms with E-state index in [9.17, 15) is 24.3 Å². The Morgan fingerprint density at radius 1 is 0.714 bits per heavy atom. The summed E-state index contributed by atoms with van der Waals surface area (Å²) in [6, 6.07) is 5.64. The molecular formula is C47H70N8O15. The number of benzene rings is 1. The van der Waals surface area contributed by atoms with E-state index >= 15 is 0 Å². The highest BCUT2D eigenvalue weighted by molar-refractivity contribution is 6.14. The van der Waals surface area contributed by atoms with E-state index in [-0.39, 0.29) is 37.8 Å². The van der Waals surface area contributed by atoms with Gasteiger partial charge in [-0.1, -0.05) is 19.1 Å². The number of nitrogens with two attached hydrogens (primary N) is 1. The highest BCUT2D eigenvalue weighted by Gasteiger charge is 2.25. The Morgan fingerprint density at radius 3 is 1.69 bits per heavy atom. The molecule has 0 saturated heterocycles. The molecule has 1 aromatic heterocycles. The third-order valence-electron chi connectivity index (χ3n) is 9.79. The summed E-state index contributed by atoms with van der Waals surface area (Å²) in [4.78, 5) is 67.6. The topological polar surface area (TPSA) is 276 Å². The third kappa shape index (κ3) is 22.7. The van der Waals surface area contributed by atoms with Crippen molar-refractivity contribution in [2.75, 3.05) is 152 Å². The van der Waals surface area contributed by atoms with E-state index < -0.39 is 23.9 Å². The number of aliphatic hydroxyl groups is 1. The Morgan fingerprint density at radius 2 is 1.20 bits per heavy atom. The first-order valence-corrected chi connectivity index (χ1v) is 23.6. The van der Waals surface area contributed by atoms with Gasteiger partial charge in [0.05, 0.1) is 131 Å². The quantitative estimate of drug-likeness (QED) is 0.0312. The maximum atomic E-state index is 13.2. The van der Waals surface area contributed by atoms with E-state index in [1.807, 2.05) is 32.0 Å². The Kier molecular flexibility index (Phi) is 28.7. The molecule has 0 fully saturated rings. The molecule has 0 bridgehead atoms. The van der Waals surface area contributed by atoms with E-state index in [1.54, 1.807) is 18.5 Å². The van der Waals surface area contributed by atoms with Crippen molar-refractivity contribution in [3.63, 3.8) is 0 Å². The molecule has 1 unspecified atom stereocenters. The minimum Gasteiger partial charge on any atom is -0.387 e. The van der Waals surface area contributed by atoms with E-state index in [0.29, 0.717) is 149 Å². The number of fused-ring (bicyclic) bond motifs is 1. The molecule has 388 valence electrons. The maximum absolute atomic E-state index is 13.2. The van der Waals surface area contributed by atoms with Crippen LogP contribution in [-0.4, -0.2) is 206 Å². The molecule has 2 aliphatic rings. The van der Waals surface area contributed by atoms with Crippen LogP contribution in [0.1, 0.15) is 44.3 Å². The van der Waals surface area contributed by atoms with Crippen molar-refractivity contribution in [1.29, 1.82) is 0 Å². The standard InChI is InChI=1S/C47H70N8O15/c1-3-11-55(70-4-2)47(60)38-30-37-6-5-36(31-40(37)53-41(48)32-38)39-33-51-45(52-34-39)46(59)50-10-13-62-15-17-64-19-21-66-23-25-68-27-29-69-28-26-67-24-22-65-20-18-63-16-14-61-12-9-49-42(56)35-54-43(57)7-8-44(54)58/h5-8,30-31,33-34,46,50,59H,3-4,9-29,32,35H2,1-2H3,(H2,48,53)(H,49,56). The minimum atomic E-state index is -1.08. The van der Waals surface area contributed by atoms with Crippen molar-refractivity contribution in [1.82, 2.24) is 30.6 Å². The van der Waals surface area contributed by atoms with Crippen molar-refractivity contribution in [2.24, 2.45) is 10.7 Å². The number of hydrogen-bond donors (Lipinski definition) is 4. The smallest absolute Gasteiger partial charge is 0.273 e. The molecule has 23 heteroatoms. The predicted molar refractivity (Wildman–Crippen MR) is 254 cm³/mol. The second-order valence-corrected chi connectivity index (χ2v) is 15.2. The van der Waals surface area contributed by atoms with Gasteiger partial charge in [0.2, 0.25) is 5.91 Å². The van der Waals surface area contributed by atoms with Crippen LogP contribution in [-0.2, 0) is 66.6 Å². The van der Waals surface area contributed by atoms with Crippen LogP contribution in [0.5, 0.6) is 0 Å². The van der Waals surface area contributed by atoms with E-state index in [2.05, 4.69) is 25.6 Å². The molecule has 1 aromatic carbocycles. The Hall–Kier alpha value is -5.15. The Balaban J connectivity index is 0.873. The highest BCUT2D eigenvalue weighted by Crippen LogP contribution is 2.32. The van der Waals surface area contributed by atoms with Gasteiger partial charge in [-0.15, -0.1) is 0 Å². The van der Waals surface area contributed by atoms with Gasteiger partial charge in [-0.05, 0) is 31.1 Å². The summed E-state index contributed by atoms with van der Waals surface area (Å²) in [5, 5.41) is 17.5. The fraction of sp³-hybridized carbons (Fsp3) is 0.596. The fourth-order valence-corrected chi connectivity index (χ4v) is 6.35. The number of rotatable bonds is 40. The highest BCUT2D eigenvalue weighted by atomic mass is 16.7. The van der Waals surface area contributed by atoms with Crippen molar-refractivity contribution in [3.05, 3.63) is 59.7 Å². The summed E-state index contributed by atoms with van der Waals surface area (Å²) in [7, 11) is 0. The van der Waals surface area contributed by atoms with Crippen LogP contribution in [0.2, 0.25) is 0 Å². The minimum absolute atomic E-state index is 0.207. The van der Waals surface area contributed by atoms with Crippen molar-refractivity contribution in [3.8, 4) is 11.1 Å². The zero-order valence-electron chi connectivity index (χ0n) is 40.3. The number of nitrogens with zero attached hydrogens (tertiary/aromatic N) is 5. The normalized spacial score (nSPS) is 13.8. The van der Waals surface area contributed by atoms with Crippen LogP contribution in [0.15, 0.2) is 53.3 Å². The molecule has 2 aliphatic heterocycles. The number of carbonyl (C=O) groups is 4. The van der Waals surface area contributed by atoms with Crippen LogP contribution in [0.25, 0.3) is 17.2 Å². The number of ether oxygens (including phenoxy) is 9. The van der Waals surface area contributed by atoms with Gasteiger partial charge in [-0.25, -0.2) is 20.0 Å². The van der Waals surface area contributed by atoms with Gasteiger partial charge in [0.25, 0.3) is 17.7 Å². The largest absolute Gasteiger partial charge is 0.387 e. The number of hydrogen-bond acceptors (Lipinski definition) is 20. The van der Waals surface area contributed by atoms with E-state index in [0.717, 1.165) is 40.2 Å². The summed E-state index contributed by atoms with van der Waals surface area (Å²) in [5.74, 6) is -1.12. The maximum Gasteiger partial charge on any atom is 0.273 e. The number of imide groups is 1. The molecule has 4 amide bonds. The lowest BCUT2D eigenvalue weighted by Gasteiger charge is -2.21. The summed E-state index contributed by atoms with van der Waals surface area (Å²) in [6.07, 6.45) is 7.21. The molecule has 0 radical (unpaired) electrons. The molecular weight excluding hydrogens is 917 g/mol. The number of hydroxylamine groups is 2. The Bertz CT molecular complexity index is 1930. The first-order valence-electron chi connectivity index (χ1n) is 23.6. The first-order chi connectivity index (χ1) is 34.2. The van der Waals surface area contributed by atoms with E-state index in [4.69, 9.17) is 53.2 Å². The number of aliphatic hydroxyl groups excluding tert-OH is 1. The van der Waals surface area contributed by atoms with Crippen molar-refractivity contribution in [2.45, 2.75) is 32.9 Å². The van der Waals surface area contributed by atoms with Gasteiger partial charge in [0.15, 0.2) is 12.1 Å². The van der Waals surface area contributed by atoms with Gasteiger partial charge < -0.3 is 58.8 Å². The molecule has 3 heterocycles. The molecule has 70 heavy (non-hydrogen) atoms. The molecule has 5 N–H and O–H groups in total. The Labute approximate surface area is 408 Å². The zero-order valence-corrected chi connectivity index (χ0v) is 40.3.